The Morgan fingerprint density at radius 3 is 2.30 bits per heavy atom. The molecular formula is C12H17ClF2N2O2S. The van der Waals surface area contributed by atoms with Crippen molar-refractivity contribution in [3.63, 3.8) is 0 Å². The van der Waals surface area contributed by atoms with Gasteiger partial charge in [0.25, 0.3) is 5.92 Å². The second-order valence-electron chi connectivity index (χ2n) is 4.57. The lowest BCUT2D eigenvalue weighted by atomic mass is 10.1. The number of hydrogen-bond donors (Lipinski definition) is 1. The molecule has 0 atom stereocenters. The van der Waals surface area contributed by atoms with E-state index in [1.807, 2.05) is 0 Å². The van der Waals surface area contributed by atoms with Gasteiger partial charge in [0.05, 0.1) is 4.90 Å². The zero-order chi connectivity index (χ0) is 14.1. The number of rotatable bonds is 3. The van der Waals surface area contributed by atoms with Crippen LogP contribution in [-0.2, 0) is 16.6 Å². The fourth-order valence-electron chi connectivity index (χ4n) is 2.12. The predicted molar refractivity (Wildman–Crippen MR) is 74.5 cm³/mol. The Kier molecular flexibility index (Phi) is 5.48. The molecule has 114 valence electrons. The molecular weight excluding hydrogens is 310 g/mol. The maximum Gasteiger partial charge on any atom is 0.250 e. The molecule has 0 radical (unpaired) electrons. The maximum atomic E-state index is 13.1. The van der Waals surface area contributed by atoms with Crippen LogP contribution in [0.25, 0.3) is 0 Å². The maximum absolute atomic E-state index is 13.1. The molecule has 1 heterocycles. The molecule has 1 aromatic carbocycles. The quantitative estimate of drug-likeness (QED) is 0.924. The van der Waals surface area contributed by atoms with Crippen molar-refractivity contribution in [3.8, 4) is 0 Å². The Hall–Kier alpha value is -0.760. The molecule has 0 saturated carbocycles. The summed E-state index contributed by atoms with van der Waals surface area (Å²) in [6.07, 6.45) is -0.867. The topological polar surface area (TPSA) is 63.4 Å². The van der Waals surface area contributed by atoms with Crippen LogP contribution in [-0.4, -0.2) is 31.7 Å². The number of alkyl halides is 2. The van der Waals surface area contributed by atoms with Crippen LogP contribution >= 0.6 is 12.4 Å². The molecule has 0 aromatic heterocycles. The molecule has 0 amide bonds. The van der Waals surface area contributed by atoms with E-state index in [-0.39, 0.29) is 36.9 Å². The largest absolute Gasteiger partial charge is 0.326 e. The second-order valence-corrected chi connectivity index (χ2v) is 6.48. The molecule has 1 aliphatic heterocycles. The monoisotopic (exact) mass is 326 g/mol. The van der Waals surface area contributed by atoms with E-state index in [4.69, 9.17) is 5.73 Å². The third-order valence-corrected chi connectivity index (χ3v) is 5.26. The van der Waals surface area contributed by atoms with Crippen molar-refractivity contribution < 1.29 is 17.2 Å². The highest BCUT2D eigenvalue weighted by atomic mass is 35.5. The zero-order valence-electron chi connectivity index (χ0n) is 10.8. The fraction of sp³-hybridized carbons (Fsp3) is 0.500. The number of nitrogens with two attached hydrogens (primary N) is 1. The summed E-state index contributed by atoms with van der Waals surface area (Å²) in [5.74, 6) is -2.76. The number of piperidine rings is 1. The van der Waals surface area contributed by atoms with Gasteiger partial charge in [0.15, 0.2) is 0 Å². The average Bonchev–Trinajstić information content (AvgIpc) is 2.38. The number of sulfonamides is 1. The van der Waals surface area contributed by atoms with Gasteiger partial charge in [-0.1, -0.05) is 18.2 Å². The predicted octanol–water partition coefficient (Wildman–Crippen LogP) is 1.99. The van der Waals surface area contributed by atoms with Gasteiger partial charge in [0, 0.05) is 32.5 Å². The number of nitrogens with zero attached hydrogens (tertiary/aromatic N) is 1. The summed E-state index contributed by atoms with van der Waals surface area (Å²) >= 11 is 0. The van der Waals surface area contributed by atoms with E-state index in [9.17, 15) is 17.2 Å². The van der Waals surface area contributed by atoms with Gasteiger partial charge in [-0.15, -0.1) is 12.4 Å². The zero-order valence-corrected chi connectivity index (χ0v) is 12.4. The molecule has 0 spiro atoms. The highest BCUT2D eigenvalue weighted by Gasteiger charge is 2.38. The van der Waals surface area contributed by atoms with Crippen LogP contribution in [0.5, 0.6) is 0 Å². The molecule has 0 unspecified atom stereocenters. The minimum Gasteiger partial charge on any atom is -0.326 e. The minimum absolute atomic E-state index is 0. The average molecular weight is 327 g/mol. The number of hydrogen-bond acceptors (Lipinski definition) is 3. The normalized spacial score (nSPS) is 19.4. The fourth-order valence-corrected chi connectivity index (χ4v) is 3.79. The summed E-state index contributed by atoms with van der Waals surface area (Å²) in [7, 11) is -3.73. The first-order valence-electron chi connectivity index (χ1n) is 6.03. The van der Waals surface area contributed by atoms with Gasteiger partial charge < -0.3 is 5.73 Å². The van der Waals surface area contributed by atoms with Crippen LogP contribution in [0.3, 0.4) is 0 Å². The molecule has 4 nitrogen and oxygen atoms in total. The van der Waals surface area contributed by atoms with Crippen LogP contribution in [0.2, 0.25) is 0 Å². The van der Waals surface area contributed by atoms with Gasteiger partial charge in [-0.05, 0) is 11.6 Å². The summed E-state index contributed by atoms with van der Waals surface area (Å²) in [6.45, 7) is -0.220. The summed E-state index contributed by atoms with van der Waals surface area (Å²) in [5.41, 5.74) is 6.02. The number of benzene rings is 1. The van der Waals surface area contributed by atoms with Crippen molar-refractivity contribution in [1.82, 2.24) is 4.31 Å². The molecule has 0 bridgehead atoms. The Labute approximate surface area is 123 Å². The lowest BCUT2D eigenvalue weighted by Crippen LogP contribution is -2.42. The SMILES string of the molecule is Cl.NCc1ccccc1S(=O)(=O)N1CCC(F)(F)CC1. The second kappa shape index (κ2) is 6.34. The highest BCUT2D eigenvalue weighted by Crippen LogP contribution is 2.31. The Bertz CT molecular complexity index is 556. The Balaban J connectivity index is 0.00000200. The third kappa shape index (κ3) is 3.46. The molecule has 1 saturated heterocycles. The number of halogens is 3. The van der Waals surface area contributed by atoms with E-state index in [1.54, 1.807) is 18.2 Å². The summed E-state index contributed by atoms with van der Waals surface area (Å²) in [5, 5.41) is 0. The van der Waals surface area contributed by atoms with Gasteiger partial charge in [-0.3, -0.25) is 0 Å². The molecule has 1 aliphatic rings. The van der Waals surface area contributed by atoms with E-state index in [0.717, 1.165) is 4.31 Å². The lowest BCUT2D eigenvalue weighted by molar-refractivity contribution is -0.0412. The van der Waals surface area contributed by atoms with Crippen LogP contribution in [0.15, 0.2) is 29.2 Å². The molecule has 2 N–H and O–H groups in total. The lowest BCUT2D eigenvalue weighted by Gasteiger charge is -2.31. The van der Waals surface area contributed by atoms with E-state index in [2.05, 4.69) is 0 Å². The van der Waals surface area contributed by atoms with Gasteiger partial charge in [-0.2, -0.15) is 4.31 Å². The van der Waals surface area contributed by atoms with Crippen LogP contribution in [0.4, 0.5) is 8.78 Å². The Morgan fingerprint density at radius 1 is 1.20 bits per heavy atom. The van der Waals surface area contributed by atoms with E-state index >= 15 is 0 Å². The standard InChI is InChI=1S/C12H16F2N2O2S.ClH/c13-12(14)5-7-16(8-6-12)19(17,18)11-4-2-1-3-10(11)9-15;/h1-4H,5-9,15H2;1H. The van der Waals surface area contributed by atoms with Crippen molar-refractivity contribution in [2.75, 3.05) is 13.1 Å². The van der Waals surface area contributed by atoms with E-state index in [0.29, 0.717) is 5.56 Å². The third-order valence-electron chi connectivity index (χ3n) is 3.26. The molecule has 0 aliphatic carbocycles. The first-order valence-corrected chi connectivity index (χ1v) is 7.47. The van der Waals surface area contributed by atoms with Crippen molar-refractivity contribution in [3.05, 3.63) is 29.8 Å². The van der Waals surface area contributed by atoms with Crippen LogP contribution in [0, 0.1) is 0 Å². The summed E-state index contributed by atoms with van der Waals surface area (Å²) < 4.78 is 52.1. The molecule has 1 aromatic rings. The van der Waals surface area contributed by atoms with Gasteiger partial charge in [0.1, 0.15) is 0 Å². The van der Waals surface area contributed by atoms with Crippen LogP contribution < -0.4 is 5.73 Å². The van der Waals surface area contributed by atoms with Crippen LogP contribution in [0.1, 0.15) is 18.4 Å². The molecule has 20 heavy (non-hydrogen) atoms. The van der Waals surface area contributed by atoms with E-state index < -0.39 is 28.8 Å². The Morgan fingerprint density at radius 2 is 1.75 bits per heavy atom. The minimum atomic E-state index is -3.73. The molecule has 2 rings (SSSR count). The first kappa shape index (κ1) is 17.3. The van der Waals surface area contributed by atoms with Gasteiger partial charge in [-0.25, -0.2) is 17.2 Å². The summed E-state index contributed by atoms with van der Waals surface area (Å²) in [4.78, 5) is 0.114. The van der Waals surface area contributed by atoms with Crippen molar-refractivity contribution in [1.29, 1.82) is 0 Å². The summed E-state index contributed by atoms with van der Waals surface area (Å²) in [6, 6.07) is 6.39. The highest BCUT2D eigenvalue weighted by molar-refractivity contribution is 7.89. The van der Waals surface area contributed by atoms with Crippen molar-refractivity contribution >= 4 is 22.4 Å². The first-order chi connectivity index (χ1) is 8.87. The molecule has 1 fully saturated rings. The van der Waals surface area contributed by atoms with Gasteiger partial charge >= 0.3 is 0 Å². The van der Waals surface area contributed by atoms with Crippen molar-refractivity contribution in [2.45, 2.75) is 30.2 Å². The smallest absolute Gasteiger partial charge is 0.250 e. The van der Waals surface area contributed by atoms with Crippen molar-refractivity contribution in [2.24, 2.45) is 5.73 Å². The van der Waals surface area contributed by atoms with Gasteiger partial charge in [0.2, 0.25) is 10.0 Å². The molecule has 8 heteroatoms. The van der Waals surface area contributed by atoms with E-state index in [1.165, 1.54) is 6.07 Å².